The second-order valence-corrected chi connectivity index (χ2v) is 5.84. The first-order chi connectivity index (χ1) is 12.3. The number of oxazole rings is 1. The van der Waals surface area contributed by atoms with Crippen molar-refractivity contribution in [2.45, 2.75) is 13.5 Å². The smallest absolute Gasteiger partial charge is 0.302 e. The van der Waals surface area contributed by atoms with Gasteiger partial charge in [0.2, 0.25) is 5.91 Å². The van der Waals surface area contributed by atoms with Crippen molar-refractivity contribution in [2.75, 3.05) is 5.32 Å². The average molecular weight is 361 g/mol. The van der Waals surface area contributed by atoms with Crippen molar-refractivity contribution >= 4 is 34.2 Å². The molecule has 0 saturated heterocycles. The van der Waals surface area contributed by atoms with Crippen molar-refractivity contribution in [1.82, 2.24) is 19.1 Å². The number of aryl methyl sites for hydroxylation is 1. The van der Waals surface area contributed by atoms with Gasteiger partial charge in [-0.15, -0.1) is 0 Å². The van der Waals surface area contributed by atoms with Crippen LogP contribution >= 0.6 is 0 Å². The first-order valence-corrected chi connectivity index (χ1v) is 7.59. The van der Waals surface area contributed by atoms with Crippen LogP contribution in [0.3, 0.4) is 0 Å². The Balaban J connectivity index is 1.59. The van der Waals surface area contributed by atoms with E-state index in [0.29, 0.717) is 16.9 Å². The zero-order chi connectivity index (χ0) is 18.6. The molecule has 0 aliphatic carbocycles. The maximum Gasteiger partial charge on any atom is 0.302 e. The summed E-state index contributed by atoms with van der Waals surface area (Å²) in [6.45, 7) is 1.58. The molecular weight excluding hydrogens is 348 g/mol. The number of rotatable bonds is 3. The van der Waals surface area contributed by atoms with Gasteiger partial charge in [0, 0.05) is 19.2 Å². The molecule has 0 aliphatic heterocycles. The zero-order valence-corrected chi connectivity index (χ0v) is 13.7. The Hall–Kier alpha value is -3.43. The molecule has 1 amide bonds. The minimum atomic E-state index is -1.07. The van der Waals surface area contributed by atoms with E-state index in [1.165, 1.54) is 10.9 Å². The third-order valence-corrected chi connectivity index (χ3v) is 4.20. The molecule has 8 nitrogen and oxygen atoms in total. The minimum Gasteiger partial charge on any atom is -0.504 e. The maximum atomic E-state index is 13.2. The molecular formula is C16H13F2N5O3. The van der Waals surface area contributed by atoms with Gasteiger partial charge in [-0.2, -0.15) is 4.98 Å². The van der Waals surface area contributed by atoms with Crippen LogP contribution in [0.1, 0.15) is 5.69 Å². The SMILES string of the molecule is Cc1c(O)c2c(ncn2CC(=O)Nc2nc3cc(F)c(F)cc3o2)n1C. The van der Waals surface area contributed by atoms with Crippen LogP contribution in [0.4, 0.5) is 14.8 Å². The highest BCUT2D eigenvalue weighted by Crippen LogP contribution is 2.30. The van der Waals surface area contributed by atoms with Gasteiger partial charge in [-0.3, -0.25) is 10.1 Å². The van der Waals surface area contributed by atoms with E-state index < -0.39 is 17.5 Å². The number of aromatic nitrogens is 4. The summed E-state index contributed by atoms with van der Waals surface area (Å²) >= 11 is 0. The van der Waals surface area contributed by atoms with Gasteiger partial charge in [0.25, 0.3) is 0 Å². The predicted octanol–water partition coefficient (Wildman–Crippen LogP) is 2.45. The van der Waals surface area contributed by atoms with Crippen molar-refractivity contribution in [1.29, 1.82) is 0 Å². The lowest BCUT2D eigenvalue weighted by Crippen LogP contribution is -2.18. The summed E-state index contributed by atoms with van der Waals surface area (Å²) in [7, 11) is 1.76. The number of benzene rings is 1. The molecule has 0 bridgehead atoms. The monoisotopic (exact) mass is 361 g/mol. The van der Waals surface area contributed by atoms with E-state index in [0.717, 1.165) is 12.1 Å². The van der Waals surface area contributed by atoms with Gasteiger partial charge in [0.1, 0.15) is 17.6 Å². The summed E-state index contributed by atoms with van der Waals surface area (Å²) in [6, 6.07) is 1.56. The molecule has 1 aromatic carbocycles. The summed E-state index contributed by atoms with van der Waals surface area (Å²) in [4.78, 5) is 20.3. The number of anilines is 1. The predicted molar refractivity (Wildman–Crippen MR) is 87.7 cm³/mol. The lowest BCUT2D eigenvalue weighted by Gasteiger charge is -2.03. The van der Waals surface area contributed by atoms with Crippen LogP contribution in [0.25, 0.3) is 22.3 Å². The van der Waals surface area contributed by atoms with E-state index >= 15 is 0 Å². The lowest BCUT2D eigenvalue weighted by molar-refractivity contribution is -0.116. The molecule has 26 heavy (non-hydrogen) atoms. The number of hydrogen-bond acceptors (Lipinski definition) is 5. The molecule has 0 radical (unpaired) electrons. The van der Waals surface area contributed by atoms with E-state index in [9.17, 15) is 18.7 Å². The highest BCUT2D eigenvalue weighted by atomic mass is 19.2. The topological polar surface area (TPSA) is 98.1 Å². The van der Waals surface area contributed by atoms with Gasteiger partial charge in [-0.1, -0.05) is 0 Å². The van der Waals surface area contributed by atoms with Gasteiger partial charge in [0.15, 0.2) is 28.6 Å². The Morgan fingerprint density at radius 1 is 1.35 bits per heavy atom. The number of halogens is 2. The molecule has 0 spiro atoms. The average Bonchev–Trinajstić information content (AvgIpc) is 3.21. The third-order valence-electron chi connectivity index (χ3n) is 4.20. The van der Waals surface area contributed by atoms with E-state index in [2.05, 4.69) is 15.3 Å². The highest BCUT2D eigenvalue weighted by molar-refractivity contribution is 5.91. The second kappa shape index (κ2) is 5.55. The molecule has 4 rings (SSSR count). The Bertz CT molecular complexity index is 1140. The quantitative estimate of drug-likeness (QED) is 0.584. The van der Waals surface area contributed by atoms with Gasteiger partial charge in [-0.25, -0.2) is 13.8 Å². The van der Waals surface area contributed by atoms with Crippen LogP contribution in [-0.2, 0) is 18.4 Å². The number of amides is 1. The Kier molecular flexibility index (Phi) is 3.43. The molecule has 134 valence electrons. The summed E-state index contributed by atoms with van der Waals surface area (Å²) in [6.07, 6.45) is 1.43. The van der Waals surface area contributed by atoms with Gasteiger partial charge in [-0.05, 0) is 6.92 Å². The lowest BCUT2D eigenvalue weighted by atomic mass is 10.3. The van der Waals surface area contributed by atoms with Gasteiger partial charge >= 0.3 is 6.01 Å². The van der Waals surface area contributed by atoms with Gasteiger partial charge in [0.05, 0.1) is 12.0 Å². The Morgan fingerprint density at radius 2 is 2.08 bits per heavy atom. The molecule has 10 heteroatoms. The molecule has 0 atom stereocenters. The van der Waals surface area contributed by atoms with E-state index in [-0.39, 0.29) is 29.4 Å². The number of nitrogens with zero attached hydrogens (tertiary/aromatic N) is 4. The molecule has 0 saturated carbocycles. The fourth-order valence-electron chi connectivity index (χ4n) is 2.76. The first-order valence-electron chi connectivity index (χ1n) is 7.59. The second-order valence-electron chi connectivity index (χ2n) is 5.84. The molecule has 2 N–H and O–H groups in total. The number of fused-ring (bicyclic) bond motifs is 2. The fourth-order valence-corrected chi connectivity index (χ4v) is 2.76. The number of carbonyl (C=O) groups excluding carboxylic acids is 1. The van der Waals surface area contributed by atoms with Crippen LogP contribution in [-0.4, -0.2) is 30.1 Å². The molecule has 3 aromatic heterocycles. The van der Waals surface area contributed by atoms with Crippen molar-refractivity contribution in [2.24, 2.45) is 7.05 Å². The molecule has 0 unspecified atom stereocenters. The fraction of sp³-hybridized carbons (Fsp3) is 0.188. The standard InChI is InChI=1S/C16H13F2N5O3/c1-7-14(25)13-15(22(7)2)19-6-23(13)5-12(24)21-16-20-10-3-8(17)9(18)4-11(10)26-16/h3-4,6,25H,5H2,1-2H3,(H,20,21,24). The molecule has 3 heterocycles. The summed E-state index contributed by atoms with van der Waals surface area (Å²) in [5.74, 6) is -2.58. The summed E-state index contributed by atoms with van der Waals surface area (Å²) < 4.78 is 34.8. The van der Waals surface area contributed by atoms with Crippen LogP contribution in [0.5, 0.6) is 5.75 Å². The number of aromatic hydroxyl groups is 1. The zero-order valence-electron chi connectivity index (χ0n) is 13.7. The highest BCUT2D eigenvalue weighted by Gasteiger charge is 2.19. The first kappa shape index (κ1) is 16.1. The molecule has 0 aliphatic rings. The van der Waals surface area contributed by atoms with E-state index in [1.54, 1.807) is 18.5 Å². The minimum absolute atomic E-state index is 0.0144. The van der Waals surface area contributed by atoms with Gasteiger partial charge < -0.3 is 18.7 Å². The van der Waals surface area contributed by atoms with Crippen LogP contribution < -0.4 is 5.32 Å². The van der Waals surface area contributed by atoms with Crippen LogP contribution in [0.15, 0.2) is 22.9 Å². The molecule has 0 fully saturated rings. The van der Waals surface area contributed by atoms with Crippen molar-refractivity contribution in [3.8, 4) is 5.75 Å². The molecule has 4 aromatic rings. The van der Waals surface area contributed by atoms with E-state index in [1.807, 2.05) is 0 Å². The summed E-state index contributed by atoms with van der Waals surface area (Å²) in [5, 5.41) is 12.6. The van der Waals surface area contributed by atoms with Crippen molar-refractivity contribution < 1.29 is 23.1 Å². The van der Waals surface area contributed by atoms with Crippen molar-refractivity contribution in [3.63, 3.8) is 0 Å². The normalized spacial score (nSPS) is 11.5. The number of imidazole rings is 1. The number of hydrogen-bond donors (Lipinski definition) is 2. The van der Waals surface area contributed by atoms with E-state index in [4.69, 9.17) is 4.42 Å². The number of nitrogens with one attached hydrogen (secondary N) is 1. The third kappa shape index (κ3) is 2.38. The maximum absolute atomic E-state index is 13.2. The van der Waals surface area contributed by atoms with Crippen LogP contribution in [0, 0.1) is 18.6 Å². The van der Waals surface area contributed by atoms with Crippen LogP contribution in [0.2, 0.25) is 0 Å². The van der Waals surface area contributed by atoms with Crippen molar-refractivity contribution in [3.05, 3.63) is 35.8 Å². The Labute approximate surface area is 144 Å². The number of carbonyl (C=O) groups is 1. The summed E-state index contributed by atoms with van der Waals surface area (Å²) in [5.41, 5.74) is 1.70. The largest absolute Gasteiger partial charge is 0.504 e. The Morgan fingerprint density at radius 3 is 2.85 bits per heavy atom.